The summed E-state index contributed by atoms with van der Waals surface area (Å²) in [6.07, 6.45) is 7.49. The molecule has 0 bridgehead atoms. The van der Waals surface area contributed by atoms with E-state index in [4.69, 9.17) is 16.3 Å². The van der Waals surface area contributed by atoms with E-state index in [1.807, 2.05) is 13.0 Å². The number of allylic oxidation sites excluding steroid dienone is 2. The lowest BCUT2D eigenvalue weighted by Crippen LogP contribution is -2.60. The van der Waals surface area contributed by atoms with Crippen LogP contribution in [0.1, 0.15) is 79.1 Å². The molecule has 0 amide bonds. The van der Waals surface area contributed by atoms with Gasteiger partial charge in [-0.25, -0.2) is 0 Å². The van der Waals surface area contributed by atoms with Crippen molar-refractivity contribution in [2.45, 2.75) is 84.7 Å². The number of hydrogen-bond donors (Lipinski definition) is 0. The maximum Gasteiger partial charge on any atom is 0.306 e. The molecule has 0 spiro atoms. The Balaban J connectivity index is 1.74. The van der Waals surface area contributed by atoms with Crippen molar-refractivity contribution in [2.24, 2.45) is 34.5 Å². The van der Waals surface area contributed by atoms with Crippen LogP contribution in [0.4, 0.5) is 0 Å². The minimum Gasteiger partial charge on any atom is -0.450 e. The topological polar surface area (TPSA) is 60.4 Å². The highest BCUT2D eigenvalue weighted by Crippen LogP contribution is 2.69. The van der Waals surface area contributed by atoms with Crippen LogP contribution in [0, 0.1) is 34.5 Å². The summed E-state index contributed by atoms with van der Waals surface area (Å²) in [5, 5.41) is 0. The third-order valence-corrected chi connectivity index (χ3v) is 10.2. The average molecular weight is 461 g/mol. The van der Waals surface area contributed by atoms with Crippen molar-refractivity contribution in [3.05, 3.63) is 23.8 Å². The lowest BCUT2D eigenvalue weighted by Gasteiger charge is -2.61. The molecule has 0 N–H and O–H groups in total. The Morgan fingerprint density at radius 3 is 2.50 bits per heavy atom. The van der Waals surface area contributed by atoms with Crippen molar-refractivity contribution >= 4 is 29.1 Å². The zero-order valence-corrected chi connectivity index (χ0v) is 20.7. The summed E-state index contributed by atoms with van der Waals surface area (Å²) in [7, 11) is 0. The van der Waals surface area contributed by atoms with E-state index in [1.165, 1.54) is 0 Å². The molecule has 1 unspecified atom stereocenters. The van der Waals surface area contributed by atoms with Crippen LogP contribution in [0.3, 0.4) is 0 Å². The van der Waals surface area contributed by atoms with E-state index < -0.39 is 5.60 Å². The molecule has 32 heavy (non-hydrogen) atoms. The minimum atomic E-state index is -1.03. The number of ether oxygens (including phenoxy) is 1. The highest BCUT2D eigenvalue weighted by atomic mass is 35.5. The molecule has 5 heteroatoms. The minimum absolute atomic E-state index is 0.0197. The number of carbonyl (C=O) groups is 3. The molecular formula is C27H37ClO4. The number of rotatable bonds is 5. The second-order valence-electron chi connectivity index (χ2n) is 11.1. The summed E-state index contributed by atoms with van der Waals surface area (Å²) in [4.78, 5) is 38.1. The van der Waals surface area contributed by atoms with Crippen LogP contribution in [0.25, 0.3) is 0 Å². The molecule has 4 aliphatic carbocycles. The summed E-state index contributed by atoms with van der Waals surface area (Å²) in [5.41, 5.74) is 0.584. The van der Waals surface area contributed by atoms with Crippen molar-refractivity contribution < 1.29 is 19.1 Å². The summed E-state index contributed by atoms with van der Waals surface area (Å²) in [5.74, 6) is 1.47. The SMILES string of the molecule is C=C1C[C@H]2[C@@H]3CC[C@](OC(=O)CCC)(C(C)=O)[C@@]3(C)CC[C@@H]2[C@]2(C)C1=CC(=O)CC2CCl. The monoisotopic (exact) mass is 460 g/mol. The first kappa shape index (κ1) is 23.7. The molecule has 0 aliphatic heterocycles. The van der Waals surface area contributed by atoms with Gasteiger partial charge in [0.25, 0.3) is 0 Å². The number of hydrogen-bond acceptors (Lipinski definition) is 4. The molecule has 0 aromatic carbocycles. The number of alkyl halides is 1. The van der Waals surface area contributed by atoms with Gasteiger partial charge in [-0.3, -0.25) is 14.4 Å². The summed E-state index contributed by atoms with van der Waals surface area (Å²) in [6.45, 7) is 12.4. The fraction of sp³-hybridized carbons (Fsp3) is 0.741. The van der Waals surface area contributed by atoms with Gasteiger partial charge in [-0.2, -0.15) is 0 Å². The van der Waals surface area contributed by atoms with Crippen molar-refractivity contribution in [1.29, 1.82) is 0 Å². The van der Waals surface area contributed by atoms with Gasteiger partial charge in [0.05, 0.1) is 0 Å². The van der Waals surface area contributed by atoms with E-state index in [-0.39, 0.29) is 40.2 Å². The first-order valence-corrected chi connectivity index (χ1v) is 12.8. The van der Waals surface area contributed by atoms with Crippen molar-refractivity contribution in [2.75, 3.05) is 5.88 Å². The van der Waals surface area contributed by atoms with Gasteiger partial charge in [0.2, 0.25) is 0 Å². The smallest absolute Gasteiger partial charge is 0.306 e. The van der Waals surface area contributed by atoms with Gasteiger partial charge in [0, 0.05) is 29.6 Å². The molecule has 4 rings (SSSR count). The largest absolute Gasteiger partial charge is 0.450 e. The number of carbonyl (C=O) groups excluding carboxylic acids is 3. The van der Waals surface area contributed by atoms with Crippen LogP contribution in [-0.2, 0) is 19.1 Å². The number of ketones is 2. The Labute approximate surface area is 197 Å². The summed E-state index contributed by atoms with van der Waals surface area (Å²) in [6, 6.07) is 0. The molecule has 0 aromatic heterocycles. The van der Waals surface area contributed by atoms with Crippen LogP contribution in [0.15, 0.2) is 23.8 Å². The quantitative estimate of drug-likeness (QED) is 0.383. The summed E-state index contributed by atoms with van der Waals surface area (Å²) < 4.78 is 6.08. The molecule has 0 heterocycles. The van der Waals surface area contributed by atoms with Gasteiger partial charge in [0.1, 0.15) is 0 Å². The van der Waals surface area contributed by atoms with Gasteiger partial charge in [-0.05, 0) is 80.8 Å². The molecule has 7 atom stereocenters. The lowest BCUT2D eigenvalue weighted by molar-refractivity contribution is -0.189. The third kappa shape index (κ3) is 3.11. The molecule has 0 saturated heterocycles. The van der Waals surface area contributed by atoms with Gasteiger partial charge in [0.15, 0.2) is 17.2 Å². The van der Waals surface area contributed by atoms with Crippen molar-refractivity contribution in [3.8, 4) is 0 Å². The van der Waals surface area contributed by atoms with E-state index >= 15 is 0 Å². The zero-order chi connectivity index (χ0) is 23.5. The van der Waals surface area contributed by atoms with Gasteiger partial charge in [-0.15, -0.1) is 11.6 Å². The van der Waals surface area contributed by atoms with E-state index in [2.05, 4.69) is 20.4 Å². The Morgan fingerprint density at radius 1 is 1.19 bits per heavy atom. The fourth-order valence-corrected chi connectivity index (χ4v) is 8.66. The first-order chi connectivity index (χ1) is 15.0. The van der Waals surface area contributed by atoms with Crippen molar-refractivity contribution in [3.63, 3.8) is 0 Å². The zero-order valence-electron chi connectivity index (χ0n) is 20.0. The Morgan fingerprint density at radius 2 is 1.88 bits per heavy atom. The van der Waals surface area contributed by atoms with E-state index in [0.29, 0.717) is 43.4 Å². The van der Waals surface area contributed by atoms with E-state index in [1.54, 1.807) is 6.92 Å². The normalized spacial score (nSPS) is 43.1. The van der Waals surface area contributed by atoms with Gasteiger partial charge < -0.3 is 4.74 Å². The van der Waals surface area contributed by atoms with Crippen LogP contribution >= 0.6 is 11.6 Å². The molecular weight excluding hydrogens is 424 g/mol. The molecule has 4 nitrogen and oxygen atoms in total. The van der Waals surface area contributed by atoms with Gasteiger partial charge >= 0.3 is 5.97 Å². The van der Waals surface area contributed by atoms with Crippen LogP contribution < -0.4 is 0 Å². The standard InChI is InChI=1S/C27H37ClO4/c1-6-7-24(31)32-27(17(3)29)11-9-21-20-12-16(2)23-14-19(30)13-18(15-28)26(23,5)22(20)8-10-25(21,27)4/h14,18,20-22H,2,6-13,15H2,1,3-5H3/t18?,20-,21-,22-,25-,26+,27-/m0/s1. The highest BCUT2D eigenvalue weighted by Gasteiger charge is 2.68. The molecule has 0 aromatic rings. The predicted molar refractivity (Wildman–Crippen MR) is 125 cm³/mol. The van der Waals surface area contributed by atoms with Crippen LogP contribution in [0.5, 0.6) is 0 Å². The maximum atomic E-state index is 13.1. The van der Waals surface area contributed by atoms with E-state index in [9.17, 15) is 14.4 Å². The Kier molecular flexibility index (Phi) is 6.01. The Hall–Kier alpha value is -1.42. The molecule has 0 radical (unpaired) electrons. The molecule has 3 saturated carbocycles. The number of halogens is 1. The van der Waals surface area contributed by atoms with Gasteiger partial charge in [-0.1, -0.05) is 32.9 Å². The third-order valence-electron chi connectivity index (χ3n) is 9.87. The van der Waals surface area contributed by atoms with E-state index in [0.717, 1.165) is 36.8 Å². The second kappa shape index (κ2) is 8.11. The highest BCUT2D eigenvalue weighted by molar-refractivity contribution is 6.18. The average Bonchev–Trinajstić information content (AvgIpc) is 3.02. The maximum absolute atomic E-state index is 13.1. The molecule has 4 aliphatic rings. The number of esters is 1. The second-order valence-corrected chi connectivity index (χ2v) is 11.5. The van der Waals surface area contributed by atoms with Crippen molar-refractivity contribution in [1.82, 2.24) is 0 Å². The number of fused-ring (bicyclic) bond motifs is 5. The lowest BCUT2D eigenvalue weighted by atomic mass is 9.44. The van der Waals surface area contributed by atoms with Crippen LogP contribution in [0.2, 0.25) is 0 Å². The fourth-order valence-electron chi connectivity index (χ4n) is 8.23. The summed E-state index contributed by atoms with van der Waals surface area (Å²) >= 11 is 6.44. The Bertz CT molecular complexity index is 890. The first-order valence-electron chi connectivity index (χ1n) is 12.3. The molecule has 176 valence electrons. The van der Waals surface area contributed by atoms with Crippen LogP contribution in [-0.4, -0.2) is 29.0 Å². The number of Topliss-reactive ketones (excluding diaryl/α,β-unsaturated/α-hetero) is 1. The molecule has 3 fully saturated rings. The predicted octanol–water partition coefficient (Wildman–Crippen LogP) is 5.82.